The van der Waals surface area contributed by atoms with Crippen molar-refractivity contribution in [3.63, 3.8) is 0 Å². The Hall–Kier alpha value is -10.3. The largest absolute Gasteiger partial charge is 0.309 e. The van der Waals surface area contributed by atoms with Crippen molar-refractivity contribution >= 4 is 66.4 Å². The number of benzene rings is 14. The zero-order chi connectivity index (χ0) is 54.7. The van der Waals surface area contributed by atoms with Gasteiger partial charge in [-0.25, -0.2) is 0 Å². The number of fused-ring (bicyclic) bond motifs is 10. The van der Waals surface area contributed by atoms with Crippen molar-refractivity contribution in [3.05, 3.63) is 289 Å². The van der Waals surface area contributed by atoms with Crippen molar-refractivity contribution < 1.29 is 0 Å². The minimum atomic E-state index is 1.14. The van der Waals surface area contributed by atoms with E-state index < -0.39 is 0 Å². The van der Waals surface area contributed by atoms with E-state index in [-0.39, 0.29) is 0 Å². The van der Waals surface area contributed by atoms with Gasteiger partial charge in [-0.3, -0.25) is 0 Å². The summed E-state index contributed by atoms with van der Waals surface area (Å²) < 4.78 is 0. The van der Waals surface area contributed by atoms with Crippen molar-refractivity contribution in [2.75, 3.05) is 9.80 Å². The Labute approximate surface area is 479 Å². The Morgan fingerprint density at radius 3 is 0.866 bits per heavy atom. The van der Waals surface area contributed by atoms with Crippen LogP contribution in [-0.4, -0.2) is 0 Å². The van der Waals surface area contributed by atoms with Gasteiger partial charge in [0.2, 0.25) is 0 Å². The maximum Gasteiger partial charge on any atom is 0.0546 e. The van der Waals surface area contributed by atoms with Crippen LogP contribution in [0.4, 0.5) is 34.1 Å². The highest BCUT2D eigenvalue weighted by atomic mass is 15.2. The zero-order valence-corrected chi connectivity index (χ0v) is 46.3. The molecule has 16 rings (SSSR count). The summed E-state index contributed by atoms with van der Waals surface area (Å²) in [4.78, 5) is 5.19. The summed E-state index contributed by atoms with van der Waals surface area (Å²) in [5.41, 5.74) is 31.3. The Morgan fingerprint density at radius 2 is 0.512 bits per heavy atom. The highest BCUT2D eigenvalue weighted by molar-refractivity contribution is 6.29. The summed E-state index contributed by atoms with van der Waals surface area (Å²) in [6.07, 6.45) is 0. The van der Waals surface area contributed by atoms with E-state index >= 15 is 0 Å². The lowest BCUT2D eigenvalue weighted by atomic mass is 9.90. The highest BCUT2D eigenvalue weighted by Crippen LogP contribution is 2.57. The molecule has 2 heterocycles. The molecule has 0 aromatic heterocycles. The van der Waals surface area contributed by atoms with E-state index in [0.29, 0.717) is 0 Å². The maximum atomic E-state index is 2.60. The summed E-state index contributed by atoms with van der Waals surface area (Å²) in [6, 6.07) is 101. The second-order valence-electron chi connectivity index (χ2n) is 22.5. The van der Waals surface area contributed by atoms with Crippen LogP contribution < -0.4 is 9.80 Å². The SMILES string of the molecule is Cc1cccc(C)c1-c1ccc2c(c1)N(c1ccc3ccc4c(N5c6cc(-c7ccccc7)ccc6-c6ccccc6-c6ccc(-c7c(C)cccc7C)cc65)ccc5ccc1c3c54)c1cc(-c3ccccc3)ccc1-c1ccccc1-2. The fraction of sp³-hybridized carbons (Fsp3) is 0.0500. The van der Waals surface area contributed by atoms with Crippen LogP contribution in [0.3, 0.4) is 0 Å². The first-order valence-electron chi connectivity index (χ1n) is 28.7. The van der Waals surface area contributed by atoms with E-state index in [9.17, 15) is 0 Å². The van der Waals surface area contributed by atoms with Crippen LogP contribution in [0.25, 0.3) is 121 Å². The first-order valence-corrected chi connectivity index (χ1v) is 28.7. The van der Waals surface area contributed by atoms with Gasteiger partial charge in [0.25, 0.3) is 0 Å². The van der Waals surface area contributed by atoms with E-state index in [1.807, 2.05) is 0 Å². The molecule has 82 heavy (non-hydrogen) atoms. The molecule has 14 aromatic carbocycles. The van der Waals surface area contributed by atoms with Crippen LogP contribution >= 0.6 is 0 Å². The number of hydrogen-bond donors (Lipinski definition) is 0. The third-order valence-electron chi connectivity index (χ3n) is 17.8. The van der Waals surface area contributed by atoms with Gasteiger partial charge in [-0.2, -0.15) is 0 Å². The number of hydrogen-bond acceptors (Lipinski definition) is 2. The van der Waals surface area contributed by atoms with E-state index in [0.717, 1.165) is 34.1 Å². The third-order valence-corrected chi connectivity index (χ3v) is 17.8. The lowest BCUT2D eigenvalue weighted by molar-refractivity contribution is 1.30. The first-order chi connectivity index (χ1) is 40.3. The number of aryl methyl sites for hydroxylation is 4. The van der Waals surface area contributed by atoms with Gasteiger partial charge in [-0.15, -0.1) is 0 Å². The van der Waals surface area contributed by atoms with Crippen molar-refractivity contribution in [2.24, 2.45) is 0 Å². The number of nitrogens with zero attached hydrogens (tertiary/aromatic N) is 2. The zero-order valence-electron chi connectivity index (χ0n) is 46.3. The smallest absolute Gasteiger partial charge is 0.0546 e. The summed E-state index contributed by atoms with van der Waals surface area (Å²) in [5, 5.41) is 7.33. The predicted octanol–water partition coefficient (Wildman–Crippen LogP) is 22.7. The molecule has 0 N–H and O–H groups in total. The van der Waals surface area contributed by atoms with E-state index in [4.69, 9.17) is 0 Å². The van der Waals surface area contributed by atoms with Crippen molar-refractivity contribution in [1.82, 2.24) is 0 Å². The Balaban J connectivity index is 0.989. The van der Waals surface area contributed by atoms with Gasteiger partial charge in [0, 0.05) is 33.0 Å². The van der Waals surface area contributed by atoms with Gasteiger partial charge in [0.15, 0.2) is 0 Å². The molecule has 0 atom stereocenters. The van der Waals surface area contributed by atoms with Crippen LogP contribution in [0.5, 0.6) is 0 Å². The maximum absolute atomic E-state index is 2.60. The highest BCUT2D eigenvalue weighted by Gasteiger charge is 2.32. The van der Waals surface area contributed by atoms with Gasteiger partial charge in [-0.1, -0.05) is 231 Å². The molecule has 0 fully saturated rings. The van der Waals surface area contributed by atoms with Crippen LogP contribution in [0, 0.1) is 27.7 Å². The average Bonchev–Trinajstić information content (AvgIpc) is 2.72. The Kier molecular flexibility index (Phi) is 10.9. The van der Waals surface area contributed by atoms with Gasteiger partial charge in [-0.05, 0) is 175 Å². The predicted molar refractivity (Wildman–Crippen MR) is 349 cm³/mol. The summed E-state index contributed by atoms with van der Waals surface area (Å²) in [7, 11) is 0. The van der Waals surface area contributed by atoms with Crippen LogP contribution in [0.2, 0.25) is 0 Å². The van der Waals surface area contributed by atoms with E-state index in [1.165, 1.54) is 144 Å². The molecule has 0 spiro atoms. The molecule has 0 amide bonds. The van der Waals surface area contributed by atoms with Crippen molar-refractivity contribution in [1.29, 1.82) is 0 Å². The lowest BCUT2D eigenvalue weighted by Gasteiger charge is -2.31. The summed E-state index contributed by atoms with van der Waals surface area (Å²) in [6.45, 7) is 8.97. The minimum Gasteiger partial charge on any atom is -0.309 e. The molecule has 0 saturated heterocycles. The second kappa shape index (κ2) is 18.7. The molecular weight excluding hydrogens is 989 g/mol. The number of anilines is 6. The fourth-order valence-electron chi connectivity index (χ4n) is 14.1. The van der Waals surface area contributed by atoms with E-state index in [1.54, 1.807) is 0 Å². The fourth-order valence-corrected chi connectivity index (χ4v) is 14.1. The van der Waals surface area contributed by atoms with Gasteiger partial charge < -0.3 is 9.80 Å². The van der Waals surface area contributed by atoms with Gasteiger partial charge >= 0.3 is 0 Å². The Bertz CT molecular complexity index is 4560. The molecule has 0 bridgehead atoms. The molecular formula is C80H56N2. The summed E-state index contributed by atoms with van der Waals surface area (Å²) >= 11 is 0. The summed E-state index contributed by atoms with van der Waals surface area (Å²) in [5.74, 6) is 0. The monoisotopic (exact) mass is 1040 g/mol. The molecule has 0 aliphatic carbocycles. The molecule has 2 heteroatoms. The molecule has 0 unspecified atom stereocenters. The number of rotatable bonds is 6. The second-order valence-corrected chi connectivity index (χ2v) is 22.5. The molecule has 386 valence electrons. The molecule has 0 saturated carbocycles. The van der Waals surface area contributed by atoms with E-state index in [2.05, 4.69) is 304 Å². The molecule has 2 aliphatic heterocycles. The standard InChI is InChI=1S/C80H56N2/c1-49-17-15-18-50(2)77(49)59-33-39-67-63-27-13-11-25-61(63)65-37-31-57(53-21-7-5-8-22-53)45-73(65)81(75(67)47-59)71-43-35-55-30-42-70-72(44-36-56-29-41-69(71)79(55)80(56)70)82-74-46-58(54-23-9-6-10-24-54)32-38-66(74)62-26-12-14-28-64(62)68-40-34-60(48-76(68)82)78-51(3)19-16-20-52(78)4/h5-48H,1-4H3. The molecule has 2 aliphatic rings. The van der Waals surface area contributed by atoms with Crippen molar-refractivity contribution in [2.45, 2.75) is 27.7 Å². The van der Waals surface area contributed by atoms with Crippen LogP contribution in [0.1, 0.15) is 22.3 Å². The van der Waals surface area contributed by atoms with Crippen LogP contribution in [0.15, 0.2) is 267 Å². The third kappa shape index (κ3) is 7.35. The quantitative estimate of drug-likeness (QED) is 0.153. The van der Waals surface area contributed by atoms with Crippen LogP contribution in [-0.2, 0) is 0 Å². The molecule has 14 aromatic rings. The average molecular weight is 1050 g/mol. The normalized spacial score (nSPS) is 12.3. The Morgan fingerprint density at radius 1 is 0.207 bits per heavy atom. The topological polar surface area (TPSA) is 6.48 Å². The molecule has 2 nitrogen and oxygen atoms in total. The van der Waals surface area contributed by atoms with Gasteiger partial charge in [0.1, 0.15) is 0 Å². The minimum absolute atomic E-state index is 1.14. The lowest BCUT2D eigenvalue weighted by Crippen LogP contribution is -2.13. The molecule has 0 radical (unpaired) electrons. The first kappa shape index (κ1) is 47.7. The van der Waals surface area contributed by atoms with Gasteiger partial charge in [0.05, 0.1) is 34.1 Å². The van der Waals surface area contributed by atoms with Crippen molar-refractivity contribution in [3.8, 4) is 89.0 Å².